The van der Waals surface area contributed by atoms with E-state index >= 15 is 0 Å². The summed E-state index contributed by atoms with van der Waals surface area (Å²) in [6.45, 7) is 5.87. The number of rotatable bonds is 6. The standard InChI is InChI=1S/C19H19BrN2O5S/c1-4-26-19(23)12-5-8-17(14(20)9-12)28(24,25)22-13-6-7-16-15(10-13)21-18(27-16)11(2)3/h5-11,22H,4H2,1-3H3. The van der Waals surface area contributed by atoms with E-state index in [9.17, 15) is 13.2 Å². The summed E-state index contributed by atoms with van der Waals surface area (Å²) in [6, 6.07) is 9.07. The van der Waals surface area contributed by atoms with Crippen LogP contribution in [0.25, 0.3) is 11.1 Å². The first-order valence-corrected chi connectivity index (χ1v) is 10.9. The summed E-state index contributed by atoms with van der Waals surface area (Å²) in [6.07, 6.45) is 0. The number of anilines is 1. The van der Waals surface area contributed by atoms with Crippen LogP contribution in [0.3, 0.4) is 0 Å². The lowest BCUT2D eigenvalue weighted by atomic mass is 10.2. The first kappa shape index (κ1) is 20.3. The SMILES string of the molecule is CCOC(=O)c1ccc(S(=O)(=O)Nc2ccc3oc(C(C)C)nc3c2)c(Br)c1. The minimum atomic E-state index is -3.88. The van der Waals surface area contributed by atoms with E-state index < -0.39 is 16.0 Å². The van der Waals surface area contributed by atoms with Crippen LogP contribution in [0.5, 0.6) is 0 Å². The van der Waals surface area contributed by atoms with Crippen LogP contribution in [-0.4, -0.2) is 26.0 Å². The Hall–Kier alpha value is -2.39. The summed E-state index contributed by atoms with van der Waals surface area (Å²) in [5.74, 6) is 0.200. The van der Waals surface area contributed by atoms with E-state index in [4.69, 9.17) is 9.15 Å². The number of carbonyl (C=O) groups excluding carboxylic acids is 1. The van der Waals surface area contributed by atoms with Crippen molar-refractivity contribution < 1.29 is 22.4 Å². The molecule has 0 bridgehead atoms. The van der Waals surface area contributed by atoms with Crippen LogP contribution < -0.4 is 4.72 Å². The number of nitrogens with zero attached hydrogens (tertiary/aromatic N) is 1. The highest BCUT2D eigenvalue weighted by Gasteiger charge is 2.20. The van der Waals surface area contributed by atoms with Gasteiger partial charge in [0.1, 0.15) is 10.4 Å². The quantitative estimate of drug-likeness (QED) is 0.528. The number of ether oxygens (including phenoxy) is 1. The van der Waals surface area contributed by atoms with E-state index in [0.717, 1.165) is 0 Å². The van der Waals surface area contributed by atoms with Gasteiger partial charge in [-0.3, -0.25) is 4.72 Å². The topological polar surface area (TPSA) is 98.5 Å². The van der Waals surface area contributed by atoms with E-state index in [1.807, 2.05) is 13.8 Å². The molecule has 0 aliphatic rings. The fourth-order valence-electron chi connectivity index (χ4n) is 2.53. The molecule has 3 aromatic rings. The molecule has 0 radical (unpaired) electrons. The highest BCUT2D eigenvalue weighted by molar-refractivity contribution is 9.10. The van der Waals surface area contributed by atoms with Crippen LogP contribution in [-0.2, 0) is 14.8 Å². The second kappa shape index (κ2) is 7.92. The molecule has 2 aromatic carbocycles. The third-order valence-corrected chi connectivity index (χ3v) is 6.24. The van der Waals surface area contributed by atoms with Crippen molar-refractivity contribution in [3.63, 3.8) is 0 Å². The van der Waals surface area contributed by atoms with Gasteiger partial charge in [0.05, 0.1) is 17.9 Å². The normalized spacial score (nSPS) is 11.8. The fraction of sp³-hybridized carbons (Fsp3) is 0.263. The van der Waals surface area contributed by atoms with Crippen molar-refractivity contribution >= 4 is 48.7 Å². The van der Waals surface area contributed by atoms with Crippen LogP contribution in [0.4, 0.5) is 5.69 Å². The Morgan fingerprint density at radius 2 is 2.00 bits per heavy atom. The molecule has 1 aromatic heterocycles. The summed E-state index contributed by atoms with van der Waals surface area (Å²) in [4.78, 5) is 16.2. The number of fused-ring (bicyclic) bond motifs is 1. The predicted molar refractivity (Wildman–Crippen MR) is 109 cm³/mol. The van der Waals surface area contributed by atoms with Crippen molar-refractivity contribution in [3.8, 4) is 0 Å². The van der Waals surface area contributed by atoms with Crippen LogP contribution in [0.2, 0.25) is 0 Å². The summed E-state index contributed by atoms with van der Waals surface area (Å²) in [5.41, 5.74) is 1.78. The smallest absolute Gasteiger partial charge is 0.338 e. The van der Waals surface area contributed by atoms with Gasteiger partial charge in [-0.25, -0.2) is 18.2 Å². The van der Waals surface area contributed by atoms with Gasteiger partial charge in [-0.1, -0.05) is 13.8 Å². The molecule has 1 N–H and O–H groups in total. The van der Waals surface area contributed by atoms with Crippen molar-refractivity contribution in [2.45, 2.75) is 31.6 Å². The molecule has 0 fully saturated rings. The highest BCUT2D eigenvalue weighted by atomic mass is 79.9. The van der Waals surface area contributed by atoms with E-state index in [1.54, 1.807) is 25.1 Å². The molecule has 0 aliphatic carbocycles. The lowest BCUT2D eigenvalue weighted by Gasteiger charge is -2.10. The Morgan fingerprint density at radius 1 is 1.25 bits per heavy atom. The Kier molecular flexibility index (Phi) is 5.76. The number of oxazole rings is 1. The Labute approximate surface area is 171 Å². The lowest BCUT2D eigenvalue weighted by Crippen LogP contribution is -2.14. The van der Waals surface area contributed by atoms with Gasteiger partial charge in [-0.2, -0.15) is 0 Å². The van der Waals surface area contributed by atoms with E-state index in [1.165, 1.54) is 18.2 Å². The zero-order valence-electron chi connectivity index (χ0n) is 15.5. The predicted octanol–water partition coefficient (Wildman–Crippen LogP) is 4.69. The van der Waals surface area contributed by atoms with Gasteiger partial charge in [0, 0.05) is 10.4 Å². The van der Waals surface area contributed by atoms with Crippen molar-refractivity contribution in [1.29, 1.82) is 0 Å². The van der Waals surface area contributed by atoms with Crippen molar-refractivity contribution in [1.82, 2.24) is 4.98 Å². The molecule has 9 heteroatoms. The molecular formula is C19H19BrN2O5S. The maximum Gasteiger partial charge on any atom is 0.338 e. The molecule has 0 amide bonds. The Morgan fingerprint density at radius 3 is 2.64 bits per heavy atom. The van der Waals surface area contributed by atoms with Gasteiger partial charge in [0.25, 0.3) is 10.0 Å². The number of hydrogen-bond donors (Lipinski definition) is 1. The number of aromatic nitrogens is 1. The fourth-order valence-corrected chi connectivity index (χ4v) is 4.65. The second-order valence-electron chi connectivity index (χ2n) is 6.36. The third-order valence-electron chi connectivity index (χ3n) is 3.88. The number of nitrogens with one attached hydrogen (secondary N) is 1. The molecule has 28 heavy (non-hydrogen) atoms. The van der Waals surface area contributed by atoms with Gasteiger partial charge in [0.15, 0.2) is 11.5 Å². The van der Waals surface area contributed by atoms with Gasteiger partial charge >= 0.3 is 5.97 Å². The molecule has 0 saturated carbocycles. The van der Waals surface area contributed by atoms with Crippen LogP contribution in [0, 0.1) is 0 Å². The maximum atomic E-state index is 12.8. The van der Waals surface area contributed by atoms with E-state index in [0.29, 0.717) is 22.7 Å². The maximum absolute atomic E-state index is 12.8. The molecule has 7 nitrogen and oxygen atoms in total. The summed E-state index contributed by atoms with van der Waals surface area (Å²) >= 11 is 3.22. The third kappa shape index (κ3) is 4.20. The number of carbonyl (C=O) groups is 1. The number of esters is 1. The van der Waals surface area contributed by atoms with Crippen molar-refractivity contribution in [2.75, 3.05) is 11.3 Å². The summed E-state index contributed by atoms with van der Waals surface area (Å²) in [7, 11) is -3.88. The molecule has 0 atom stereocenters. The number of benzene rings is 2. The van der Waals surface area contributed by atoms with E-state index in [2.05, 4.69) is 25.6 Å². The Balaban J connectivity index is 1.89. The van der Waals surface area contributed by atoms with Crippen molar-refractivity contribution in [2.24, 2.45) is 0 Å². The van der Waals surface area contributed by atoms with Gasteiger partial charge in [0.2, 0.25) is 0 Å². The molecule has 0 unspecified atom stereocenters. The lowest BCUT2D eigenvalue weighted by molar-refractivity contribution is 0.0526. The van der Waals surface area contributed by atoms with Crippen LogP contribution >= 0.6 is 15.9 Å². The number of hydrogen-bond acceptors (Lipinski definition) is 6. The zero-order chi connectivity index (χ0) is 20.5. The minimum Gasteiger partial charge on any atom is -0.462 e. The first-order chi connectivity index (χ1) is 13.2. The average Bonchev–Trinajstić information content (AvgIpc) is 3.05. The molecular weight excluding hydrogens is 448 g/mol. The van der Waals surface area contributed by atoms with E-state index in [-0.39, 0.29) is 27.5 Å². The van der Waals surface area contributed by atoms with Crippen LogP contribution in [0.15, 0.2) is 50.2 Å². The molecule has 0 saturated heterocycles. The number of sulfonamides is 1. The van der Waals surface area contributed by atoms with Gasteiger partial charge in [-0.05, 0) is 59.3 Å². The monoisotopic (exact) mass is 466 g/mol. The molecule has 1 heterocycles. The average molecular weight is 467 g/mol. The molecule has 0 aliphatic heterocycles. The van der Waals surface area contributed by atoms with Crippen LogP contribution in [0.1, 0.15) is 42.9 Å². The van der Waals surface area contributed by atoms with Gasteiger partial charge in [-0.15, -0.1) is 0 Å². The molecule has 148 valence electrons. The van der Waals surface area contributed by atoms with Gasteiger partial charge < -0.3 is 9.15 Å². The largest absolute Gasteiger partial charge is 0.462 e. The zero-order valence-corrected chi connectivity index (χ0v) is 17.9. The molecule has 3 rings (SSSR count). The second-order valence-corrected chi connectivity index (χ2v) is 8.87. The minimum absolute atomic E-state index is 0.00340. The highest BCUT2D eigenvalue weighted by Crippen LogP contribution is 2.28. The molecule has 0 spiro atoms. The van der Waals surface area contributed by atoms with Crippen molar-refractivity contribution in [3.05, 3.63) is 52.3 Å². The Bertz CT molecular complexity index is 1140. The summed E-state index contributed by atoms with van der Waals surface area (Å²) in [5, 5.41) is 0. The first-order valence-electron chi connectivity index (χ1n) is 8.61. The summed E-state index contributed by atoms with van der Waals surface area (Å²) < 4.78 is 38.9. The number of halogens is 1.